The molecule has 1 aromatic carbocycles. The molecular formula is C19H33NOSi. The van der Waals surface area contributed by atoms with E-state index in [4.69, 9.17) is 4.43 Å². The highest BCUT2D eigenvalue weighted by Crippen LogP contribution is 2.38. The van der Waals surface area contributed by atoms with Gasteiger partial charge in [0.1, 0.15) is 0 Å². The normalized spacial score (nSPS) is 24.5. The van der Waals surface area contributed by atoms with Crippen LogP contribution in [0.15, 0.2) is 30.3 Å². The average Bonchev–Trinajstić information content (AvgIpc) is 2.41. The van der Waals surface area contributed by atoms with E-state index < -0.39 is 8.32 Å². The molecule has 0 N–H and O–H groups in total. The van der Waals surface area contributed by atoms with E-state index in [1.54, 1.807) is 0 Å². The molecule has 124 valence electrons. The Balaban J connectivity index is 1.90. The zero-order chi connectivity index (χ0) is 16.4. The summed E-state index contributed by atoms with van der Waals surface area (Å²) in [6, 6.07) is 11.4. The molecule has 1 unspecified atom stereocenters. The fourth-order valence-electron chi connectivity index (χ4n) is 2.93. The van der Waals surface area contributed by atoms with Crippen molar-refractivity contribution in [1.29, 1.82) is 0 Å². The zero-order valence-electron chi connectivity index (χ0n) is 15.2. The van der Waals surface area contributed by atoms with Crippen LogP contribution in [0.25, 0.3) is 0 Å². The van der Waals surface area contributed by atoms with Crippen molar-refractivity contribution in [2.45, 2.75) is 77.4 Å². The average molecular weight is 320 g/mol. The van der Waals surface area contributed by atoms with Gasteiger partial charge in [-0.2, -0.15) is 0 Å². The van der Waals surface area contributed by atoms with E-state index in [1.165, 1.54) is 18.4 Å². The van der Waals surface area contributed by atoms with Crippen LogP contribution < -0.4 is 0 Å². The van der Waals surface area contributed by atoms with E-state index in [9.17, 15) is 0 Å². The molecule has 2 atom stereocenters. The molecule has 0 spiro atoms. The Morgan fingerprint density at radius 2 is 1.82 bits per heavy atom. The summed E-state index contributed by atoms with van der Waals surface area (Å²) in [5.74, 6) is 0. The molecule has 0 amide bonds. The Hall–Kier alpha value is -0.643. The van der Waals surface area contributed by atoms with Crippen molar-refractivity contribution in [2.75, 3.05) is 6.54 Å². The standard InChI is InChI=1S/C19H33NOSi/c1-16-14-18(21-22(5,6)19(2,3)4)12-13-20(16)15-17-10-8-7-9-11-17/h7-11,16,18H,12-15H2,1-6H3/t16-,18?/m1/s1. The van der Waals surface area contributed by atoms with Crippen LogP contribution in [0.1, 0.15) is 46.1 Å². The van der Waals surface area contributed by atoms with Crippen LogP contribution >= 0.6 is 0 Å². The van der Waals surface area contributed by atoms with Gasteiger partial charge in [-0.3, -0.25) is 4.90 Å². The molecule has 2 nitrogen and oxygen atoms in total. The molecule has 1 fully saturated rings. The lowest BCUT2D eigenvalue weighted by molar-refractivity contribution is 0.0506. The van der Waals surface area contributed by atoms with Crippen molar-refractivity contribution in [3.63, 3.8) is 0 Å². The van der Waals surface area contributed by atoms with Gasteiger partial charge in [0.2, 0.25) is 0 Å². The number of hydrogen-bond donors (Lipinski definition) is 0. The van der Waals surface area contributed by atoms with Gasteiger partial charge >= 0.3 is 0 Å². The molecule has 22 heavy (non-hydrogen) atoms. The lowest BCUT2D eigenvalue weighted by Crippen LogP contribution is -2.49. The van der Waals surface area contributed by atoms with Crippen LogP contribution in [0, 0.1) is 0 Å². The molecule has 0 saturated carbocycles. The molecule has 1 heterocycles. The Labute approximate surface area is 138 Å². The van der Waals surface area contributed by atoms with E-state index in [-0.39, 0.29) is 0 Å². The number of piperidine rings is 1. The van der Waals surface area contributed by atoms with Gasteiger partial charge in [0.25, 0.3) is 0 Å². The van der Waals surface area contributed by atoms with Crippen LogP contribution in [0.4, 0.5) is 0 Å². The molecule has 1 aliphatic rings. The molecule has 1 saturated heterocycles. The van der Waals surface area contributed by atoms with Gasteiger partial charge in [-0.15, -0.1) is 0 Å². The van der Waals surface area contributed by atoms with Crippen LogP contribution in [-0.2, 0) is 11.0 Å². The number of benzene rings is 1. The topological polar surface area (TPSA) is 12.5 Å². The predicted molar refractivity (Wildman–Crippen MR) is 97.6 cm³/mol. The van der Waals surface area contributed by atoms with Gasteiger partial charge in [0.15, 0.2) is 8.32 Å². The number of rotatable bonds is 4. The van der Waals surface area contributed by atoms with Crippen molar-refractivity contribution in [2.24, 2.45) is 0 Å². The van der Waals surface area contributed by atoms with Crippen molar-refractivity contribution in [1.82, 2.24) is 4.90 Å². The molecule has 0 radical (unpaired) electrons. The SMILES string of the molecule is C[C@@H]1CC(O[Si](C)(C)C(C)(C)C)CCN1Cc1ccccc1. The molecule has 0 aromatic heterocycles. The minimum Gasteiger partial charge on any atom is -0.414 e. The van der Waals surface area contributed by atoms with E-state index in [0.717, 1.165) is 13.1 Å². The quantitative estimate of drug-likeness (QED) is 0.719. The molecule has 0 bridgehead atoms. The molecule has 0 aliphatic carbocycles. The number of likely N-dealkylation sites (tertiary alicyclic amines) is 1. The molecule has 1 aliphatic heterocycles. The van der Waals surface area contributed by atoms with Crippen LogP contribution in [0.5, 0.6) is 0 Å². The Morgan fingerprint density at radius 3 is 2.36 bits per heavy atom. The summed E-state index contributed by atoms with van der Waals surface area (Å²) in [6.07, 6.45) is 2.78. The first kappa shape index (κ1) is 17.7. The smallest absolute Gasteiger partial charge is 0.192 e. The third-order valence-electron chi connectivity index (χ3n) is 5.46. The summed E-state index contributed by atoms with van der Waals surface area (Å²) in [7, 11) is -1.64. The van der Waals surface area contributed by atoms with Gasteiger partial charge in [-0.05, 0) is 43.5 Å². The van der Waals surface area contributed by atoms with Crippen LogP contribution in [0.2, 0.25) is 18.1 Å². The number of nitrogens with zero attached hydrogens (tertiary/aromatic N) is 1. The van der Waals surface area contributed by atoms with Gasteiger partial charge in [-0.1, -0.05) is 51.1 Å². The van der Waals surface area contributed by atoms with E-state index in [1.807, 2.05) is 0 Å². The maximum atomic E-state index is 6.62. The minimum atomic E-state index is -1.64. The van der Waals surface area contributed by atoms with Crippen molar-refractivity contribution < 1.29 is 4.43 Å². The first-order chi connectivity index (χ1) is 10.2. The maximum Gasteiger partial charge on any atom is 0.192 e. The second-order valence-corrected chi connectivity index (χ2v) is 13.1. The van der Waals surface area contributed by atoms with E-state index in [2.05, 4.69) is 76.0 Å². The monoisotopic (exact) mass is 319 g/mol. The highest BCUT2D eigenvalue weighted by atomic mass is 28.4. The van der Waals surface area contributed by atoms with Crippen molar-refractivity contribution in [3.8, 4) is 0 Å². The molecule has 1 aromatic rings. The molecule has 2 rings (SSSR count). The fourth-order valence-corrected chi connectivity index (χ4v) is 4.33. The fraction of sp³-hybridized carbons (Fsp3) is 0.684. The second-order valence-electron chi connectivity index (χ2n) is 8.33. The zero-order valence-corrected chi connectivity index (χ0v) is 16.2. The highest BCUT2D eigenvalue weighted by molar-refractivity contribution is 6.74. The summed E-state index contributed by atoms with van der Waals surface area (Å²) >= 11 is 0. The summed E-state index contributed by atoms with van der Waals surface area (Å²) in [4.78, 5) is 2.60. The Kier molecular flexibility index (Phi) is 5.52. The third-order valence-corrected chi connectivity index (χ3v) is 10.00. The first-order valence-electron chi connectivity index (χ1n) is 8.65. The summed E-state index contributed by atoms with van der Waals surface area (Å²) in [5.41, 5.74) is 1.41. The first-order valence-corrected chi connectivity index (χ1v) is 11.6. The van der Waals surface area contributed by atoms with E-state index >= 15 is 0 Å². The molecule has 3 heteroatoms. The van der Waals surface area contributed by atoms with Gasteiger partial charge < -0.3 is 4.43 Å². The molecular weight excluding hydrogens is 286 g/mol. The van der Waals surface area contributed by atoms with Crippen molar-refractivity contribution >= 4 is 8.32 Å². The number of hydrogen-bond acceptors (Lipinski definition) is 2. The summed E-state index contributed by atoms with van der Waals surface area (Å²) in [5, 5.41) is 0.303. The third kappa shape index (κ3) is 4.43. The maximum absolute atomic E-state index is 6.62. The highest BCUT2D eigenvalue weighted by Gasteiger charge is 2.40. The van der Waals surface area contributed by atoms with Gasteiger partial charge in [0, 0.05) is 25.2 Å². The second kappa shape index (κ2) is 6.86. The largest absolute Gasteiger partial charge is 0.414 e. The summed E-state index contributed by atoms with van der Waals surface area (Å²) in [6.45, 7) is 16.3. The minimum absolute atomic E-state index is 0.303. The Bertz CT molecular complexity index is 466. The van der Waals surface area contributed by atoms with Crippen LogP contribution in [-0.4, -0.2) is 31.9 Å². The van der Waals surface area contributed by atoms with Crippen molar-refractivity contribution in [3.05, 3.63) is 35.9 Å². The summed E-state index contributed by atoms with van der Waals surface area (Å²) < 4.78 is 6.62. The Morgan fingerprint density at radius 1 is 1.18 bits per heavy atom. The van der Waals surface area contributed by atoms with Gasteiger partial charge in [-0.25, -0.2) is 0 Å². The predicted octanol–water partition coefficient (Wildman–Crippen LogP) is 5.06. The van der Waals surface area contributed by atoms with Gasteiger partial charge in [0.05, 0.1) is 0 Å². The lowest BCUT2D eigenvalue weighted by atomic mass is 10.00. The lowest BCUT2D eigenvalue weighted by Gasteiger charge is -2.44. The van der Waals surface area contributed by atoms with Crippen LogP contribution in [0.3, 0.4) is 0 Å². The van der Waals surface area contributed by atoms with E-state index in [0.29, 0.717) is 17.2 Å².